The summed E-state index contributed by atoms with van der Waals surface area (Å²) >= 11 is 6.53. The summed E-state index contributed by atoms with van der Waals surface area (Å²) in [6, 6.07) is 16.9. The van der Waals surface area contributed by atoms with Crippen molar-refractivity contribution in [3.8, 4) is 11.8 Å². The van der Waals surface area contributed by atoms with Crippen molar-refractivity contribution in [1.82, 2.24) is 4.90 Å². The molecular weight excluding hydrogens is 376 g/mol. The number of thiocarbonyl (C=S) groups is 1. The van der Waals surface area contributed by atoms with E-state index in [-0.39, 0.29) is 5.91 Å². The van der Waals surface area contributed by atoms with Crippen molar-refractivity contribution in [3.05, 3.63) is 82.8 Å². The molecule has 134 valence electrons. The van der Waals surface area contributed by atoms with Crippen molar-refractivity contribution in [1.29, 1.82) is 5.26 Å². The van der Waals surface area contributed by atoms with Crippen LogP contribution >= 0.6 is 24.0 Å². The monoisotopic (exact) mass is 392 g/mol. The highest BCUT2D eigenvalue weighted by molar-refractivity contribution is 8.26. The highest BCUT2D eigenvalue weighted by Gasteiger charge is 2.30. The van der Waals surface area contributed by atoms with E-state index in [2.05, 4.69) is 12.6 Å². The molecule has 0 unspecified atom stereocenters. The summed E-state index contributed by atoms with van der Waals surface area (Å²) in [5, 5.41) is 9.12. The van der Waals surface area contributed by atoms with Crippen LogP contribution in [-0.4, -0.2) is 21.7 Å². The zero-order chi connectivity index (χ0) is 19.2. The molecule has 0 N–H and O–H groups in total. The number of ether oxygens (including phenoxy) is 1. The highest BCUT2D eigenvalue weighted by atomic mass is 32.2. The van der Waals surface area contributed by atoms with Crippen LogP contribution in [0.25, 0.3) is 6.08 Å². The standard InChI is InChI=1S/C21H16N2O2S2/c1-2-11-23-20(24)19(27-21(23)26)12-15-7-9-18(10-8-15)25-14-17-6-4-3-5-16(17)13-22/h2-10,12H,1,11,14H2/b19-12+. The number of thioether (sulfide) groups is 1. The van der Waals surface area contributed by atoms with Crippen LogP contribution < -0.4 is 4.74 Å². The Kier molecular flexibility index (Phi) is 6.07. The minimum Gasteiger partial charge on any atom is -0.489 e. The molecular formula is C21H16N2O2S2. The van der Waals surface area contributed by atoms with Crippen molar-refractivity contribution in [3.63, 3.8) is 0 Å². The highest BCUT2D eigenvalue weighted by Crippen LogP contribution is 2.32. The van der Waals surface area contributed by atoms with Crippen molar-refractivity contribution >= 4 is 40.3 Å². The predicted octanol–water partition coefficient (Wildman–Crippen LogP) is 4.52. The van der Waals surface area contributed by atoms with Gasteiger partial charge in [0.05, 0.1) is 16.5 Å². The lowest BCUT2D eigenvalue weighted by atomic mass is 10.1. The lowest BCUT2D eigenvalue weighted by Crippen LogP contribution is -2.27. The summed E-state index contributed by atoms with van der Waals surface area (Å²) in [5.41, 5.74) is 2.34. The van der Waals surface area contributed by atoms with Gasteiger partial charge in [-0.05, 0) is 29.8 Å². The number of rotatable bonds is 6. The quantitative estimate of drug-likeness (QED) is 0.411. The van der Waals surface area contributed by atoms with Crippen LogP contribution in [0, 0.1) is 11.3 Å². The largest absolute Gasteiger partial charge is 0.489 e. The number of hydrogen-bond acceptors (Lipinski definition) is 5. The van der Waals surface area contributed by atoms with Crippen molar-refractivity contribution < 1.29 is 9.53 Å². The number of benzene rings is 2. The van der Waals surface area contributed by atoms with Gasteiger partial charge in [0.25, 0.3) is 5.91 Å². The molecule has 0 atom stereocenters. The van der Waals surface area contributed by atoms with Gasteiger partial charge in [-0.15, -0.1) is 6.58 Å². The van der Waals surface area contributed by atoms with Crippen LogP contribution in [0.5, 0.6) is 5.75 Å². The average molecular weight is 393 g/mol. The van der Waals surface area contributed by atoms with E-state index in [1.807, 2.05) is 48.5 Å². The van der Waals surface area contributed by atoms with Crippen molar-refractivity contribution in [2.75, 3.05) is 6.54 Å². The molecule has 27 heavy (non-hydrogen) atoms. The third-order valence-corrected chi connectivity index (χ3v) is 5.27. The number of nitrogens with zero attached hydrogens (tertiary/aromatic N) is 2. The van der Waals surface area contributed by atoms with Gasteiger partial charge in [-0.2, -0.15) is 5.26 Å². The van der Waals surface area contributed by atoms with E-state index in [1.165, 1.54) is 16.7 Å². The van der Waals surface area contributed by atoms with Gasteiger partial charge < -0.3 is 4.74 Å². The van der Waals surface area contributed by atoms with Crippen LogP contribution in [0.15, 0.2) is 66.1 Å². The molecule has 1 aliphatic heterocycles. The Morgan fingerprint density at radius 3 is 2.67 bits per heavy atom. The molecule has 1 saturated heterocycles. The molecule has 0 bridgehead atoms. The molecule has 0 saturated carbocycles. The fraction of sp³-hybridized carbons (Fsp3) is 0.0952. The second-order valence-corrected chi connectivity index (χ2v) is 7.38. The Morgan fingerprint density at radius 2 is 1.96 bits per heavy atom. The van der Waals surface area contributed by atoms with E-state index in [0.29, 0.717) is 33.7 Å². The number of carbonyl (C=O) groups excluding carboxylic acids is 1. The molecule has 6 heteroatoms. The Hall–Kier alpha value is -2.88. The van der Waals surface area contributed by atoms with Crippen LogP contribution in [-0.2, 0) is 11.4 Å². The summed E-state index contributed by atoms with van der Waals surface area (Å²) in [6.45, 7) is 4.39. The maximum atomic E-state index is 12.3. The summed E-state index contributed by atoms with van der Waals surface area (Å²) in [6.07, 6.45) is 3.47. The molecule has 4 nitrogen and oxygen atoms in total. The van der Waals surface area contributed by atoms with E-state index in [4.69, 9.17) is 22.2 Å². The van der Waals surface area contributed by atoms with Gasteiger partial charge in [-0.25, -0.2) is 0 Å². The lowest BCUT2D eigenvalue weighted by molar-refractivity contribution is -0.121. The second-order valence-electron chi connectivity index (χ2n) is 5.71. The van der Waals surface area contributed by atoms with Crippen LogP contribution in [0.4, 0.5) is 0 Å². The molecule has 1 amide bonds. The first-order valence-electron chi connectivity index (χ1n) is 8.19. The molecule has 0 spiro atoms. The first kappa shape index (κ1) is 18.9. The minimum absolute atomic E-state index is 0.0988. The van der Waals surface area contributed by atoms with Gasteiger partial charge in [-0.3, -0.25) is 9.69 Å². The summed E-state index contributed by atoms with van der Waals surface area (Å²) in [4.78, 5) is 14.5. The maximum Gasteiger partial charge on any atom is 0.266 e. The molecule has 3 rings (SSSR count). The molecule has 1 heterocycles. The zero-order valence-electron chi connectivity index (χ0n) is 14.4. The smallest absolute Gasteiger partial charge is 0.266 e. The molecule has 2 aromatic carbocycles. The van der Waals surface area contributed by atoms with Crippen molar-refractivity contribution in [2.45, 2.75) is 6.61 Å². The normalized spacial score (nSPS) is 15.1. The van der Waals surface area contributed by atoms with E-state index in [9.17, 15) is 4.79 Å². The Labute approximate surface area is 167 Å². The number of amides is 1. The average Bonchev–Trinajstić information content (AvgIpc) is 2.95. The van der Waals surface area contributed by atoms with E-state index in [1.54, 1.807) is 12.1 Å². The molecule has 1 fully saturated rings. The maximum absolute atomic E-state index is 12.3. The molecule has 0 radical (unpaired) electrons. The van der Waals surface area contributed by atoms with Gasteiger partial charge in [0.2, 0.25) is 0 Å². The molecule has 0 aliphatic carbocycles. The van der Waals surface area contributed by atoms with Gasteiger partial charge in [0.1, 0.15) is 16.7 Å². The minimum atomic E-state index is -0.0988. The SMILES string of the molecule is C=CCN1C(=O)/C(=C\c2ccc(OCc3ccccc3C#N)cc2)SC1=S. The fourth-order valence-corrected chi connectivity index (χ4v) is 3.79. The number of hydrogen-bond donors (Lipinski definition) is 0. The van der Waals surface area contributed by atoms with Crippen LogP contribution in [0.2, 0.25) is 0 Å². The van der Waals surface area contributed by atoms with Crippen LogP contribution in [0.3, 0.4) is 0 Å². The third-order valence-electron chi connectivity index (χ3n) is 3.90. The first-order valence-corrected chi connectivity index (χ1v) is 9.42. The summed E-state index contributed by atoms with van der Waals surface area (Å²) < 4.78 is 6.31. The lowest BCUT2D eigenvalue weighted by Gasteiger charge is -2.10. The van der Waals surface area contributed by atoms with E-state index < -0.39 is 0 Å². The fourth-order valence-electron chi connectivity index (χ4n) is 2.51. The zero-order valence-corrected chi connectivity index (χ0v) is 16.1. The van der Waals surface area contributed by atoms with E-state index in [0.717, 1.165) is 11.1 Å². The molecule has 1 aliphatic rings. The Bertz CT molecular complexity index is 959. The van der Waals surface area contributed by atoms with Gasteiger partial charge in [0.15, 0.2) is 0 Å². The first-order chi connectivity index (χ1) is 13.1. The Balaban J connectivity index is 1.67. The summed E-state index contributed by atoms with van der Waals surface area (Å²) in [7, 11) is 0. The van der Waals surface area contributed by atoms with Gasteiger partial charge >= 0.3 is 0 Å². The second kappa shape index (κ2) is 8.67. The van der Waals surface area contributed by atoms with Crippen molar-refractivity contribution in [2.24, 2.45) is 0 Å². The summed E-state index contributed by atoms with van der Waals surface area (Å²) in [5.74, 6) is 0.595. The number of carbonyl (C=O) groups is 1. The molecule has 2 aromatic rings. The topological polar surface area (TPSA) is 53.3 Å². The van der Waals surface area contributed by atoms with Gasteiger partial charge in [0, 0.05) is 12.1 Å². The van der Waals surface area contributed by atoms with E-state index >= 15 is 0 Å². The Morgan fingerprint density at radius 1 is 1.22 bits per heavy atom. The number of nitriles is 1. The molecule has 0 aromatic heterocycles. The van der Waals surface area contributed by atoms with Crippen LogP contribution in [0.1, 0.15) is 16.7 Å². The third kappa shape index (κ3) is 4.45. The van der Waals surface area contributed by atoms with Gasteiger partial charge in [-0.1, -0.05) is 60.4 Å². The predicted molar refractivity (Wildman–Crippen MR) is 112 cm³/mol.